The van der Waals surface area contributed by atoms with Gasteiger partial charge in [-0.2, -0.15) is 0 Å². The Labute approximate surface area is 705 Å². The smallest absolute Gasteiger partial charge is 0.258 e. The predicted octanol–water partition coefficient (Wildman–Crippen LogP) is 12.7. The molecule has 0 spiro atoms. The number of aryl methyl sites for hydroxylation is 2. The lowest BCUT2D eigenvalue weighted by Gasteiger charge is -2.39. The monoisotopic (exact) mass is 1640 g/mol. The van der Waals surface area contributed by atoms with E-state index in [1.54, 1.807) is 98.7 Å². The van der Waals surface area contributed by atoms with Gasteiger partial charge in [-0.15, -0.1) is 0 Å². The van der Waals surface area contributed by atoms with E-state index in [0.717, 1.165) is 166 Å². The third-order valence-electron chi connectivity index (χ3n) is 23.4. The first kappa shape index (κ1) is 85.1. The van der Waals surface area contributed by atoms with Crippen LogP contribution >= 0.6 is 0 Å². The number of aromatic nitrogens is 8. The molecule has 634 valence electrons. The van der Waals surface area contributed by atoms with E-state index in [-0.39, 0.29) is 22.2 Å². The SMILES string of the molecule is CCNC1CCN(c2cc(C)c3nc(-c4ccc(OC)c(OC)c4)cc(=O)n3c2)CC1.COc1ccc(-c2cc(=O)n3cc(C4=CCN(C5CCC5)CC4)ccc3n2)cc1OC.COc1ccc(-c2cc(=O)n3cc(N4CCC(NC(C)C)CC4)ccc3n2)cc1OC.COc1ccc(-c2cc(=O)n3cc(N4CCNCC4)c(C)cc3n2)cc1OC. The normalized spacial score (nSPS) is 15.4. The molecule has 121 heavy (non-hydrogen) atoms. The zero-order valence-corrected chi connectivity index (χ0v) is 71.6. The summed E-state index contributed by atoms with van der Waals surface area (Å²) in [6.45, 7) is 21.4. The second kappa shape index (κ2) is 38.8. The molecule has 3 N–H and O–H groups in total. The first-order valence-electron chi connectivity index (χ1n) is 41.7. The Morgan fingerprint density at radius 3 is 1.30 bits per heavy atom. The molecule has 12 aromatic rings. The molecule has 17 rings (SSSR count). The van der Waals surface area contributed by atoms with Gasteiger partial charge in [-0.1, -0.05) is 33.3 Å². The summed E-state index contributed by atoms with van der Waals surface area (Å²) >= 11 is 0. The highest BCUT2D eigenvalue weighted by molar-refractivity contribution is 5.73. The second-order valence-electron chi connectivity index (χ2n) is 31.3. The van der Waals surface area contributed by atoms with E-state index in [9.17, 15) is 19.2 Å². The lowest BCUT2D eigenvalue weighted by Crippen LogP contribution is -2.44. The number of methoxy groups -OCH3 is 8. The van der Waals surface area contributed by atoms with Crippen LogP contribution in [0.4, 0.5) is 17.1 Å². The van der Waals surface area contributed by atoms with E-state index >= 15 is 0 Å². The van der Waals surface area contributed by atoms with Crippen molar-refractivity contribution in [3.05, 3.63) is 222 Å². The van der Waals surface area contributed by atoms with Gasteiger partial charge in [0.25, 0.3) is 22.2 Å². The fourth-order valence-corrected chi connectivity index (χ4v) is 16.6. The standard InChI is InChI=1S/C25H27N3O3.2C24H30N4O3.C21H24N4O3/c1-30-22-8-6-18(14-23(22)31-2)21-15-25(29)28-16-19(7-9-24(28)26-21)17-10-12-27(13-11-17)20-4-3-5-20;1-16(2)25-18-9-11-27(12-10-18)19-6-8-23-26-20(14-24(29)28(23)15-19)17-5-7-21(30-3)22(13-17)31-4;1-5-25-18-8-10-27(11-9-18)19-12-16(2)24-26-20(14-23(29)28(24)15-19)17-6-7-21(30-3)22(13-17)31-4;1-14-10-20-23-16(15-4-5-18(27-2)19(11-15)28-3)12-21(26)25(20)13-17(14)24-8-6-22-7-9-24/h6-10,14-16,20H,3-5,11-13H2,1-2H3;5-8,13-16,18,25H,9-12H2,1-4H3;6-7,12-15,18,25H,5,8-11H2,1-4H3;4-5,10-13,22H,6-9H2,1-3H3. The number of benzene rings is 4. The van der Waals surface area contributed by atoms with E-state index in [1.807, 2.05) is 123 Å². The zero-order valence-electron chi connectivity index (χ0n) is 71.6. The van der Waals surface area contributed by atoms with Crippen molar-refractivity contribution in [2.45, 2.75) is 110 Å². The van der Waals surface area contributed by atoms with Crippen LogP contribution in [0.25, 0.3) is 73.2 Å². The van der Waals surface area contributed by atoms with Crippen LogP contribution < -0.4 is 90.8 Å². The molecule has 1 saturated carbocycles. The molecule has 4 fully saturated rings. The molecule has 12 heterocycles. The van der Waals surface area contributed by atoms with Gasteiger partial charge in [-0.05, 0) is 197 Å². The molecule has 27 heteroatoms. The van der Waals surface area contributed by atoms with E-state index in [2.05, 4.69) is 87.5 Å². The largest absolute Gasteiger partial charge is 0.493 e. The van der Waals surface area contributed by atoms with Crippen molar-refractivity contribution >= 4 is 45.2 Å². The Morgan fingerprint density at radius 1 is 0.413 bits per heavy atom. The number of hydrogen-bond acceptors (Lipinski definition) is 23. The fraction of sp³-hybridized carbons (Fsp3) is 0.383. The van der Waals surface area contributed by atoms with E-state index in [0.29, 0.717) is 109 Å². The Hall–Kier alpha value is -12.3. The number of piperidine rings is 2. The molecule has 4 aromatic carbocycles. The minimum Gasteiger partial charge on any atom is -0.493 e. The van der Waals surface area contributed by atoms with Crippen molar-refractivity contribution in [2.75, 3.05) is 144 Å². The number of rotatable bonds is 21. The molecule has 27 nitrogen and oxygen atoms in total. The molecule has 0 unspecified atom stereocenters. The van der Waals surface area contributed by atoms with Gasteiger partial charge in [0.15, 0.2) is 46.0 Å². The highest BCUT2D eigenvalue weighted by Crippen LogP contribution is 2.38. The van der Waals surface area contributed by atoms with Gasteiger partial charge in [0.1, 0.15) is 22.6 Å². The van der Waals surface area contributed by atoms with Crippen LogP contribution in [0.2, 0.25) is 0 Å². The number of pyridine rings is 4. The van der Waals surface area contributed by atoms with Crippen LogP contribution in [-0.4, -0.2) is 195 Å². The summed E-state index contributed by atoms with van der Waals surface area (Å²) in [6.07, 6.45) is 19.4. The number of nitrogens with zero attached hydrogens (tertiary/aromatic N) is 12. The summed E-state index contributed by atoms with van der Waals surface area (Å²) in [5.74, 6) is 4.99. The minimum atomic E-state index is -0.105. The zero-order chi connectivity index (χ0) is 85.0. The average molecular weight is 1640 g/mol. The maximum atomic E-state index is 13.0. The van der Waals surface area contributed by atoms with Gasteiger partial charge in [0.05, 0.1) is 96.7 Å². The van der Waals surface area contributed by atoms with Crippen LogP contribution in [0.1, 0.15) is 88.8 Å². The Kier molecular flexibility index (Phi) is 27.3. The van der Waals surface area contributed by atoms with Gasteiger partial charge >= 0.3 is 0 Å². The molecule has 0 amide bonds. The van der Waals surface area contributed by atoms with Crippen LogP contribution in [-0.2, 0) is 0 Å². The Balaban J connectivity index is 0.000000132. The third kappa shape index (κ3) is 19.5. The lowest BCUT2D eigenvalue weighted by molar-refractivity contribution is 0.141. The van der Waals surface area contributed by atoms with Gasteiger partial charge in [0.2, 0.25) is 0 Å². The summed E-state index contributed by atoms with van der Waals surface area (Å²) in [5.41, 5.74) is 15.6. The summed E-state index contributed by atoms with van der Waals surface area (Å²) < 4.78 is 49.3. The van der Waals surface area contributed by atoms with Crippen molar-refractivity contribution in [1.29, 1.82) is 0 Å². The number of nitrogens with one attached hydrogen (secondary N) is 3. The third-order valence-corrected chi connectivity index (χ3v) is 23.4. The van der Waals surface area contributed by atoms with Crippen LogP contribution in [0, 0.1) is 13.8 Å². The molecule has 1 aliphatic carbocycles. The van der Waals surface area contributed by atoms with E-state index in [4.69, 9.17) is 57.8 Å². The Bertz CT molecular complexity index is 5980. The lowest BCUT2D eigenvalue weighted by atomic mass is 9.89. The first-order chi connectivity index (χ1) is 58.8. The van der Waals surface area contributed by atoms with Gasteiger partial charge in [0, 0.05) is 161 Å². The van der Waals surface area contributed by atoms with E-state index < -0.39 is 0 Å². The number of fused-ring (bicyclic) bond motifs is 4. The molecule has 8 aromatic heterocycles. The molecular weight excluding hydrogens is 1530 g/mol. The van der Waals surface area contributed by atoms with Crippen LogP contribution in [0.15, 0.2) is 184 Å². The molecule has 5 aliphatic rings. The molecule has 0 radical (unpaired) electrons. The summed E-state index contributed by atoms with van der Waals surface area (Å²) in [6, 6.07) is 42.9. The van der Waals surface area contributed by atoms with Crippen molar-refractivity contribution in [3.63, 3.8) is 0 Å². The van der Waals surface area contributed by atoms with Crippen LogP contribution in [0.5, 0.6) is 46.0 Å². The summed E-state index contributed by atoms with van der Waals surface area (Å²) in [5, 5.41) is 10.5. The second-order valence-corrected chi connectivity index (χ2v) is 31.3. The minimum absolute atomic E-state index is 0.0934. The van der Waals surface area contributed by atoms with Crippen molar-refractivity contribution in [3.8, 4) is 91.0 Å². The summed E-state index contributed by atoms with van der Waals surface area (Å²) in [4.78, 5) is 80.2. The quantitative estimate of drug-likeness (QED) is 0.0604. The van der Waals surface area contributed by atoms with E-state index in [1.165, 1.54) is 24.8 Å². The van der Waals surface area contributed by atoms with Crippen molar-refractivity contribution < 1.29 is 37.9 Å². The van der Waals surface area contributed by atoms with Crippen molar-refractivity contribution in [2.24, 2.45) is 0 Å². The molecular formula is C94H111N15O12. The molecule has 4 aliphatic heterocycles. The predicted molar refractivity (Wildman–Crippen MR) is 479 cm³/mol. The fourth-order valence-electron chi connectivity index (χ4n) is 16.6. The van der Waals surface area contributed by atoms with Gasteiger partial charge < -0.3 is 68.5 Å². The average Bonchev–Trinajstić information content (AvgIpc) is 0.803. The molecule has 0 bridgehead atoms. The number of ether oxygens (including phenoxy) is 8. The van der Waals surface area contributed by atoms with Crippen molar-refractivity contribution in [1.82, 2.24) is 58.4 Å². The number of piperazine rings is 1. The highest BCUT2D eigenvalue weighted by atomic mass is 16.5. The molecule has 3 saturated heterocycles. The maximum absolute atomic E-state index is 13.0. The Morgan fingerprint density at radius 2 is 0.843 bits per heavy atom. The summed E-state index contributed by atoms with van der Waals surface area (Å²) in [7, 11) is 12.8. The number of anilines is 3. The number of hydrogen-bond donors (Lipinski definition) is 3. The van der Waals surface area contributed by atoms with Crippen LogP contribution in [0.3, 0.4) is 0 Å². The maximum Gasteiger partial charge on any atom is 0.258 e. The van der Waals surface area contributed by atoms with Gasteiger partial charge in [-0.3, -0.25) is 41.7 Å². The van der Waals surface area contributed by atoms with Gasteiger partial charge in [-0.25, -0.2) is 19.9 Å². The first-order valence-corrected chi connectivity index (χ1v) is 41.7. The highest BCUT2D eigenvalue weighted by Gasteiger charge is 2.28. The molecule has 0 atom stereocenters. The topological polar surface area (TPSA) is 260 Å².